The number of hydrogen-bond acceptors (Lipinski definition) is 5. The van der Waals surface area contributed by atoms with Gasteiger partial charge in [-0.05, 0) is 51.0 Å². The van der Waals surface area contributed by atoms with E-state index in [0.717, 1.165) is 22.3 Å². The Bertz CT molecular complexity index is 1060. The van der Waals surface area contributed by atoms with Gasteiger partial charge in [0.05, 0.1) is 18.2 Å². The topological polar surface area (TPSA) is 96.3 Å². The lowest BCUT2D eigenvalue weighted by molar-refractivity contribution is -0.120. The van der Waals surface area contributed by atoms with Crippen molar-refractivity contribution in [2.75, 3.05) is 13.2 Å². The van der Waals surface area contributed by atoms with Gasteiger partial charge in [-0.25, -0.2) is 0 Å². The van der Waals surface area contributed by atoms with E-state index in [1.54, 1.807) is 30.4 Å². The number of aliphatic hydroxyl groups excluding tert-OH is 1. The standard InChI is InChI=1S/C28H34N2O3/c1-8-9-19(4)14-25(22(7)31)28(24-11-10-23(16-29)15-20(24)5)27(18(2)3)26(32)17-33-13-12-21(6)30/h8-11,14-15,28,31H,1,6-7,12-13,17,30H2,2-5H3/b19-9-,25-14+/t28-/m0/s1. The third kappa shape index (κ3) is 8.10. The zero-order chi connectivity index (χ0) is 25.1. The Morgan fingerprint density at radius 2 is 1.97 bits per heavy atom. The molecular weight excluding hydrogens is 412 g/mol. The summed E-state index contributed by atoms with van der Waals surface area (Å²) >= 11 is 0. The van der Waals surface area contributed by atoms with E-state index in [0.29, 0.717) is 28.8 Å². The smallest absolute Gasteiger partial charge is 0.185 e. The molecular formula is C28H34N2O3. The highest BCUT2D eigenvalue weighted by atomic mass is 16.5. The van der Waals surface area contributed by atoms with E-state index in [9.17, 15) is 15.2 Å². The van der Waals surface area contributed by atoms with Crippen LogP contribution in [0.2, 0.25) is 0 Å². The fourth-order valence-corrected chi connectivity index (χ4v) is 3.53. The number of benzene rings is 1. The molecule has 5 heteroatoms. The number of aryl methyl sites for hydroxylation is 1. The maximum Gasteiger partial charge on any atom is 0.185 e. The molecule has 174 valence electrons. The lowest BCUT2D eigenvalue weighted by atomic mass is 9.77. The van der Waals surface area contributed by atoms with Gasteiger partial charge in [0.1, 0.15) is 12.4 Å². The summed E-state index contributed by atoms with van der Waals surface area (Å²) in [6, 6.07) is 7.42. The van der Waals surface area contributed by atoms with Crippen LogP contribution in [0.3, 0.4) is 0 Å². The predicted octanol–water partition coefficient (Wildman–Crippen LogP) is 5.87. The number of carbonyl (C=O) groups excluding carboxylic acids is 1. The van der Waals surface area contributed by atoms with Crippen LogP contribution in [0.4, 0.5) is 0 Å². The van der Waals surface area contributed by atoms with E-state index in [2.05, 4.69) is 25.8 Å². The quantitative estimate of drug-likeness (QED) is 0.181. The minimum Gasteiger partial charge on any atom is -0.508 e. The van der Waals surface area contributed by atoms with Crippen molar-refractivity contribution >= 4 is 5.78 Å². The number of Topliss-reactive ketones (excluding diaryl/α,β-unsaturated/α-hetero) is 1. The van der Waals surface area contributed by atoms with E-state index in [1.165, 1.54) is 0 Å². The highest BCUT2D eigenvalue weighted by Gasteiger charge is 2.30. The van der Waals surface area contributed by atoms with Crippen LogP contribution in [-0.4, -0.2) is 24.1 Å². The highest BCUT2D eigenvalue weighted by molar-refractivity contribution is 5.99. The Hall–Kier alpha value is -3.62. The summed E-state index contributed by atoms with van der Waals surface area (Å²) in [5.74, 6) is -0.953. The van der Waals surface area contributed by atoms with Crippen molar-refractivity contribution < 1.29 is 14.6 Å². The van der Waals surface area contributed by atoms with Crippen molar-refractivity contribution in [2.24, 2.45) is 5.73 Å². The van der Waals surface area contributed by atoms with Gasteiger partial charge in [-0.1, -0.05) is 55.2 Å². The Labute approximate surface area is 197 Å². The van der Waals surface area contributed by atoms with Gasteiger partial charge >= 0.3 is 0 Å². The number of rotatable bonds is 12. The van der Waals surface area contributed by atoms with E-state index < -0.39 is 5.92 Å². The van der Waals surface area contributed by atoms with Gasteiger partial charge in [-0.3, -0.25) is 4.79 Å². The lowest BCUT2D eigenvalue weighted by Gasteiger charge is -2.26. The first-order valence-electron chi connectivity index (χ1n) is 10.6. The number of nitrogens with zero attached hydrogens (tertiary/aromatic N) is 1. The van der Waals surface area contributed by atoms with Crippen molar-refractivity contribution in [1.29, 1.82) is 5.26 Å². The maximum absolute atomic E-state index is 13.4. The third-order valence-corrected chi connectivity index (χ3v) is 5.05. The number of carbonyl (C=O) groups is 1. The summed E-state index contributed by atoms with van der Waals surface area (Å²) in [5.41, 5.74) is 10.8. The van der Waals surface area contributed by atoms with E-state index in [-0.39, 0.29) is 24.8 Å². The zero-order valence-corrected chi connectivity index (χ0v) is 20.1. The van der Waals surface area contributed by atoms with Gasteiger partial charge in [0.2, 0.25) is 0 Å². The molecule has 1 rings (SSSR count). The van der Waals surface area contributed by atoms with Crippen LogP contribution in [0.25, 0.3) is 0 Å². The molecule has 1 aromatic rings. The summed E-state index contributed by atoms with van der Waals surface area (Å²) in [6.45, 7) is 18.7. The maximum atomic E-state index is 13.4. The molecule has 0 heterocycles. The van der Waals surface area contributed by atoms with Gasteiger partial charge in [-0.15, -0.1) is 0 Å². The number of ether oxygens (including phenoxy) is 1. The lowest BCUT2D eigenvalue weighted by Crippen LogP contribution is -2.22. The van der Waals surface area contributed by atoms with E-state index >= 15 is 0 Å². The molecule has 1 aromatic carbocycles. The molecule has 3 N–H and O–H groups in total. The monoisotopic (exact) mass is 446 g/mol. The first-order chi connectivity index (χ1) is 15.5. The normalized spacial score (nSPS) is 12.5. The van der Waals surface area contributed by atoms with Gasteiger partial charge in [-0.2, -0.15) is 5.26 Å². The largest absolute Gasteiger partial charge is 0.508 e. The second-order valence-electron chi connectivity index (χ2n) is 8.11. The van der Waals surface area contributed by atoms with Crippen LogP contribution in [0, 0.1) is 18.3 Å². The molecule has 0 spiro atoms. The number of allylic oxidation sites excluding steroid dienone is 6. The summed E-state index contributed by atoms with van der Waals surface area (Å²) in [5, 5.41) is 19.9. The van der Waals surface area contributed by atoms with Gasteiger partial charge in [0.25, 0.3) is 0 Å². The van der Waals surface area contributed by atoms with Crippen molar-refractivity contribution in [3.8, 4) is 6.07 Å². The molecule has 0 aliphatic carbocycles. The molecule has 0 amide bonds. The van der Waals surface area contributed by atoms with Crippen LogP contribution < -0.4 is 5.73 Å². The molecule has 0 aliphatic heterocycles. The van der Waals surface area contributed by atoms with Crippen molar-refractivity contribution in [2.45, 2.75) is 40.0 Å². The van der Waals surface area contributed by atoms with Crippen LogP contribution in [0.5, 0.6) is 0 Å². The first-order valence-corrected chi connectivity index (χ1v) is 10.6. The van der Waals surface area contributed by atoms with Gasteiger partial charge in [0.15, 0.2) is 5.78 Å². The van der Waals surface area contributed by atoms with Gasteiger partial charge in [0, 0.05) is 29.2 Å². The van der Waals surface area contributed by atoms with Crippen LogP contribution in [0.1, 0.15) is 49.8 Å². The Morgan fingerprint density at radius 3 is 2.45 bits per heavy atom. The second kappa shape index (κ2) is 13.0. The minimum atomic E-state index is -0.603. The molecule has 0 aliphatic rings. The van der Waals surface area contributed by atoms with Crippen molar-refractivity contribution in [1.82, 2.24) is 0 Å². The molecule has 0 saturated heterocycles. The van der Waals surface area contributed by atoms with Crippen molar-refractivity contribution in [3.63, 3.8) is 0 Å². The Balaban J connectivity index is 3.69. The number of ketones is 1. The Kier molecular flexibility index (Phi) is 10.8. The molecule has 0 aromatic heterocycles. The summed E-state index contributed by atoms with van der Waals surface area (Å²) in [4.78, 5) is 13.4. The number of nitrogens with two attached hydrogens (primary N) is 1. The highest BCUT2D eigenvalue weighted by Crippen LogP contribution is 2.39. The Morgan fingerprint density at radius 1 is 1.30 bits per heavy atom. The average molecular weight is 447 g/mol. The predicted molar refractivity (Wildman–Crippen MR) is 135 cm³/mol. The molecule has 0 unspecified atom stereocenters. The number of aliphatic hydroxyl groups is 1. The fraction of sp³-hybridized carbons (Fsp3) is 0.286. The summed E-state index contributed by atoms with van der Waals surface area (Å²) in [7, 11) is 0. The molecule has 5 nitrogen and oxygen atoms in total. The SMILES string of the molecule is C=C/C=C(C)\C=C(/C(=C)O)[C@@H](C(C(=O)COCCC(=C)N)=C(C)C)c1ccc(C#N)cc1C. The van der Waals surface area contributed by atoms with E-state index in [1.807, 2.05) is 33.8 Å². The van der Waals surface area contributed by atoms with Crippen LogP contribution >= 0.6 is 0 Å². The van der Waals surface area contributed by atoms with Crippen molar-refractivity contribution in [3.05, 3.63) is 107 Å². The number of nitriles is 1. The first kappa shape index (κ1) is 27.4. The summed E-state index contributed by atoms with van der Waals surface area (Å²) in [6.07, 6.45) is 5.71. The molecule has 1 atom stereocenters. The zero-order valence-electron chi connectivity index (χ0n) is 20.1. The number of hydrogen-bond donors (Lipinski definition) is 2. The molecule has 33 heavy (non-hydrogen) atoms. The van der Waals surface area contributed by atoms with Crippen LogP contribution in [-0.2, 0) is 9.53 Å². The molecule has 0 saturated carbocycles. The average Bonchev–Trinajstić information content (AvgIpc) is 2.73. The molecule has 0 fully saturated rings. The molecule has 0 bridgehead atoms. The minimum absolute atomic E-state index is 0.133. The second-order valence-corrected chi connectivity index (χ2v) is 8.11. The molecule has 0 radical (unpaired) electrons. The third-order valence-electron chi connectivity index (χ3n) is 5.05. The van der Waals surface area contributed by atoms with E-state index in [4.69, 9.17) is 10.5 Å². The summed E-state index contributed by atoms with van der Waals surface area (Å²) < 4.78 is 5.55. The van der Waals surface area contributed by atoms with Gasteiger partial charge < -0.3 is 15.6 Å². The van der Waals surface area contributed by atoms with Crippen LogP contribution in [0.15, 0.2) is 89.9 Å². The fourth-order valence-electron chi connectivity index (χ4n) is 3.53.